The maximum absolute atomic E-state index is 4.21. The minimum absolute atomic E-state index is 0.655. The van der Waals surface area contributed by atoms with Crippen molar-refractivity contribution in [3.05, 3.63) is 54.9 Å². The average molecular weight is 284 g/mol. The van der Waals surface area contributed by atoms with Crippen LogP contribution in [-0.4, -0.2) is 25.1 Å². The van der Waals surface area contributed by atoms with E-state index in [1.807, 2.05) is 24.3 Å². The molecule has 0 aliphatic heterocycles. The average Bonchev–Trinajstić information content (AvgIpc) is 3.01. The molecule has 0 spiro atoms. The van der Waals surface area contributed by atoms with E-state index >= 15 is 0 Å². The van der Waals surface area contributed by atoms with Crippen LogP contribution in [0.3, 0.4) is 0 Å². The summed E-state index contributed by atoms with van der Waals surface area (Å²) >= 11 is 1.54. The van der Waals surface area contributed by atoms with Crippen molar-refractivity contribution < 1.29 is 0 Å². The summed E-state index contributed by atoms with van der Waals surface area (Å²) < 4.78 is 0. The fraction of sp³-hybridized carbons (Fsp3) is 0.0769. The van der Waals surface area contributed by atoms with E-state index in [1.54, 1.807) is 18.6 Å². The van der Waals surface area contributed by atoms with Crippen molar-refractivity contribution in [3.63, 3.8) is 0 Å². The maximum atomic E-state index is 4.21. The first-order valence-electron chi connectivity index (χ1n) is 6.02. The van der Waals surface area contributed by atoms with Crippen LogP contribution < -0.4 is 5.32 Å². The van der Waals surface area contributed by atoms with E-state index in [4.69, 9.17) is 0 Å². The van der Waals surface area contributed by atoms with E-state index in [9.17, 15) is 0 Å². The Morgan fingerprint density at radius 2 is 2.00 bits per heavy atom. The first kappa shape index (κ1) is 12.6. The predicted molar refractivity (Wildman–Crippen MR) is 76.3 cm³/mol. The molecule has 20 heavy (non-hydrogen) atoms. The molecule has 6 nitrogen and oxygen atoms in total. The number of rotatable bonds is 5. The van der Waals surface area contributed by atoms with Crippen molar-refractivity contribution in [1.29, 1.82) is 0 Å². The monoisotopic (exact) mass is 284 g/mol. The molecular weight excluding hydrogens is 272 g/mol. The van der Waals surface area contributed by atoms with Crippen molar-refractivity contribution >= 4 is 17.4 Å². The summed E-state index contributed by atoms with van der Waals surface area (Å²) in [6.07, 6.45) is 6.60. The normalized spacial score (nSPS) is 10.4. The lowest BCUT2D eigenvalue weighted by atomic mass is 10.3. The van der Waals surface area contributed by atoms with Crippen molar-refractivity contribution in [2.45, 2.75) is 16.6 Å². The molecule has 2 N–H and O–H groups in total. The number of aromatic nitrogens is 5. The predicted octanol–water partition coefficient (Wildman–Crippen LogP) is 2.36. The van der Waals surface area contributed by atoms with Gasteiger partial charge in [-0.1, -0.05) is 11.8 Å². The molecule has 1 aromatic carbocycles. The Balaban J connectivity index is 1.59. The third-order valence-corrected chi connectivity index (χ3v) is 3.45. The molecule has 3 aromatic rings. The van der Waals surface area contributed by atoms with Crippen molar-refractivity contribution in [1.82, 2.24) is 25.1 Å². The molecule has 0 unspecified atom stereocenters. The second kappa shape index (κ2) is 6.16. The van der Waals surface area contributed by atoms with Crippen molar-refractivity contribution in [2.75, 3.05) is 5.32 Å². The Bertz CT molecular complexity index is 638. The number of hydrogen-bond acceptors (Lipinski definition) is 6. The van der Waals surface area contributed by atoms with Crippen molar-refractivity contribution in [3.8, 4) is 0 Å². The minimum Gasteiger partial charge on any atom is -0.379 e. The quantitative estimate of drug-likeness (QED) is 0.748. The van der Waals surface area contributed by atoms with Gasteiger partial charge in [-0.2, -0.15) is 5.10 Å². The van der Waals surface area contributed by atoms with Gasteiger partial charge in [-0.15, -0.1) is 0 Å². The molecule has 0 fully saturated rings. The summed E-state index contributed by atoms with van der Waals surface area (Å²) in [7, 11) is 0. The highest BCUT2D eigenvalue weighted by molar-refractivity contribution is 7.99. The molecule has 0 amide bonds. The molecule has 0 radical (unpaired) electrons. The fourth-order valence-corrected chi connectivity index (χ4v) is 2.30. The van der Waals surface area contributed by atoms with E-state index < -0.39 is 0 Å². The van der Waals surface area contributed by atoms with Gasteiger partial charge in [0.25, 0.3) is 0 Å². The molecule has 0 atom stereocenters. The molecule has 0 saturated heterocycles. The molecule has 2 aromatic heterocycles. The maximum Gasteiger partial charge on any atom is 0.188 e. The van der Waals surface area contributed by atoms with Gasteiger partial charge >= 0.3 is 0 Å². The van der Waals surface area contributed by atoms with Gasteiger partial charge in [-0.25, -0.2) is 4.98 Å². The van der Waals surface area contributed by atoms with Crippen LogP contribution >= 0.6 is 11.8 Å². The lowest BCUT2D eigenvalue weighted by molar-refractivity contribution is 0.973. The summed E-state index contributed by atoms with van der Waals surface area (Å²) in [5.41, 5.74) is 1.95. The van der Waals surface area contributed by atoms with E-state index in [0.29, 0.717) is 6.54 Å². The summed E-state index contributed by atoms with van der Waals surface area (Å²) in [5.74, 6) is 0. The fourth-order valence-electron chi connectivity index (χ4n) is 1.61. The number of hydrogen-bond donors (Lipinski definition) is 2. The summed E-state index contributed by atoms with van der Waals surface area (Å²) in [6.45, 7) is 0.655. The number of aromatic amines is 1. The summed E-state index contributed by atoms with van der Waals surface area (Å²) in [5, 5.41) is 10.7. The first-order valence-corrected chi connectivity index (χ1v) is 6.84. The van der Waals surface area contributed by atoms with Crippen LogP contribution in [0.1, 0.15) is 5.69 Å². The number of anilines is 1. The SMILES string of the molecule is c1cnc(CNc2ccc(Sc3ncn[nH]3)cc2)cn1. The molecule has 0 aliphatic rings. The lowest BCUT2D eigenvalue weighted by Crippen LogP contribution is -2.01. The Kier molecular flexibility index (Phi) is 3.88. The lowest BCUT2D eigenvalue weighted by Gasteiger charge is -2.06. The highest BCUT2D eigenvalue weighted by Gasteiger charge is 2.00. The molecule has 100 valence electrons. The Morgan fingerprint density at radius 3 is 2.70 bits per heavy atom. The Morgan fingerprint density at radius 1 is 1.10 bits per heavy atom. The summed E-state index contributed by atoms with van der Waals surface area (Å²) in [4.78, 5) is 13.4. The van der Waals surface area contributed by atoms with Gasteiger partial charge in [0.05, 0.1) is 18.4 Å². The molecular formula is C13H12N6S. The molecule has 0 saturated carbocycles. The van der Waals surface area contributed by atoms with Crippen LogP contribution in [0.25, 0.3) is 0 Å². The van der Waals surface area contributed by atoms with Gasteiger partial charge in [-0.05, 0) is 24.3 Å². The van der Waals surface area contributed by atoms with E-state index in [2.05, 4.69) is 30.5 Å². The molecule has 7 heteroatoms. The first-order chi connectivity index (χ1) is 9.90. The van der Waals surface area contributed by atoms with Crippen LogP contribution in [0.5, 0.6) is 0 Å². The van der Waals surface area contributed by atoms with Gasteiger partial charge in [-0.3, -0.25) is 15.1 Å². The van der Waals surface area contributed by atoms with Crippen LogP contribution in [0.15, 0.2) is 59.2 Å². The second-order valence-corrected chi connectivity index (χ2v) is 5.03. The van der Waals surface area contributed by atoms with Crippen LogP contribution in [0, 0.1) is 0 Å². The van der Waals surface area contributed by atoms with E-state index in [1.165, 1.54) is 18.1 Å². The highest BCUT2D eigenvalue weighted by atomic mass is 32.2. The van der Waals surface area contributed by atoms with Crippen LogP contribution in [0.4, 0.5) is 5.69 Å². The van der Waals surface area contributed by atoms with Gasteiger partial charge in [0, 0.05) is 23.0 Å². The standard InChI is InChI=1S/C13H12N6S/c1-3-12(20-13-17-9-18-19-13)4-2-10(1)16-8-11-7-14-5-6-15-11/h1-7,9,16H,8H2,(H,17,18,19). The van der Waals surface area contributed by atoms with Gasteiger partial charge in [0.15, 0.2) is 5.16 Å². The summed E-state index contributed by atoms with van der Waals surface area (Å²) in [6, 6.07) is 8.11. The van der Waals surface area contributed by atoms with Gasteiger partial charge in [0.1, 0.15) is 6.33 Å². The third kappa shape index (κ3) is 3.33. The zero-order chi connectivity index (χ0) is 13.6. The smallest absolute Gasteiger partial charge is 0.188 e. The second-order valence-electron chi connectivity index (χ2n) is 3.97. The topological polar surface area (TPSA) is 79.4 Å². The van der Waals surface area contributed by atoms with Gasteiger partial charge in [0.2, 0.25) is 0 Å². The van der Waals surface area contributed by atoms with Crippen molar-refractivity contribution in [2.24, 2.45) is 0 Å². The number of H-pyrrole nitrogens is 1. The minimum atomic E-state index is 0.655. The number of nitrogens with one attached hydrogen (secondary N) is 2. The zero-order valence-corrected chi connectivity index (χ0v) is 11.3. The van der Waals surface area contributed by atoms with Gasteiger partial charge < -0.3 is 5.32 Å². The Hall–Kier alpha value is -2.41. The van der Waals surface area contributed by atoms with Crippen LogP contribution in [0.2, 0.25) is 0 Å². The largest absolute Gasteiger partial charge is 0.379 e. The Labute approximate surface area is 120 Å². The van der Waals surface area contributed by atoms with E-state index in [-0.39, 0.29) is 0 Å². The molecule has 0 aliphatic carbocycles. The molecule has 2 heterocycles. The zero-order valence-electron chi connectivity index (χ0n) is 10.5. The molecule has 3 rings (SSSR count). The van der Waals surface area contributed by atoms with Crippen LogP contribution in [-0.2, 0) is 6.54 Å². The highest BCUT2D eigenvalue weighted by Crippen LogP contribution is 2.25. The number of nitrogens with zero attached hydrogens (tertiary/aromatic N) is 4. The van der Waals surface area contributed by atoms with E-state index in [0.717, 1.165) is 21.4 Å². The third-order valence-electron chi connectivity index (χ3n) is 2.55. The number of benzene rings is 1. The molecule has 0 bridgehead atoms.